The van der Waals surface area contributed by atoms with Gasteiger partial charge in [-0.15, -0.1) is 0 Å². The molecule has 6 aromatic rings. The summed E-state index contributed by atoms with van der Waals surface area (Å²) >= 11 is 6.41. The molecule has 0 spiro atoms. The number of aromatic nitrogens is 2. The summed E-state index contributed by atoms with van der Waals surface area (Å²) in [5.41, 5.74) is 1.68. The summed E-state index contributed by atoms with van der Waals surface area (Å²) in [5.74, 6) is 0.590. The van der Waals surface area contributed by atoms with E-state index in [-0.39, 0.29) is 28.8 Å². The molecular weight excluding hydrogens is 575 g/mol. The first-order valence-electron chi connectivity index (χ1n) is 13.0. The third-order valence-corrected chi connectivity index (χ3v) is 6.78. The first-order valence-corrected chi connectivity index (χ1v) is 13.4. The van der Waals surface area contributed by atoms with E-state index >= 15 is 0 Å². The van der Waals surface area contributed by atoms with Crippen molar-refractivity contribution in [1.29, 1.82) is 0 Å². The number of benzene rings is 4. The van der Waals surface area contributed by atoms with Crippen LogP contribution in [0.1, 0.15) is 5.56 Å². The maximum absolute atomic E-state index is 13.5. The van der Waals surface area contributed by atoms with E-state index in [1.165, 1.54) is 35.2 Å². The molecule has 0 fully saturated rings. The maximum Gasteiger partial charge on any atom is 0.282 e. The number of nitrogens with one attached hydrogen (secondary N) is 1. The van der Waals surface area contributed by atoms with Crippen molar-refractivity contribution in [2.24, 2.45) is 5.10 Å². The van der Waals surface area contributed by atoms with Gasteiger partial charge in [-0.3, -0.25) is 9.59 Å². The van der Waals surface area contributed by atoms with Crippen molar-refractivity contribution in [3.63, 3.8) is 0 Å². The Labute approximate surface area is 248 Å². The molecule has 0 aliphatic carbocycles. The predicted octanol–water partition coefficient (Wildman–Crippen LogP) is 6.51. The highest BCUT2D eigenvalue weighted by molar-refractivity contribution is 6.32. The smallest absolute Gasteiger partial charge is 0.282 e. The SMILES string of the molecule is COc1cccc2oc(-c3nc4ccccc4c(=O)n3N=Cc3ccc(OCC(=O)Nc4ccc(F)cc4)c(Cl)c3)cc12. The van der Waals surface area contributed by atoms with Gasteiger partial charge in [-0.1, -0.05) is 29.8 Å². The summed E-state index contributed by atoms with van der Waals surface area (Å²) in [6, 6.07) is 24.4. The molecule has 1 amide bonds. The highest BCUT2D eigenvalue weighted by Crippen LogP contribution is 2.33. The van der Waals surface area contributed by atoms with Gasteiger partial charge in [-0.25, -0.2) is 9.37 Å². The van der Waals surface area contributed by atoms with Crippen LogP contribution >= 0.6 is 11.6 Å². The zero-order chi connectivity index (χ0) is 29.9. The van der Waals surface area contributed by atoms with Gasteiger partial charge in [0, 0.05) is 5.69 Å². The lowest BCUT2D eigenvalue weighted by Crippen LogP contribution is -2.20. The van der Waals surface area contributed by atoms with Crippen LogP contribution in [0.4, 0.5) is 10.1 Å². The quantitative estimate of drug-likeness (QED) is 0.201. The van der Waals surface area contributed by atoms with E-state index in [1.54, 1.807) is 61.7 Å². The molecule has 0 saturated carbocycles. The molecule has 2 heterocycles. The van der Waals surface area contributed by atoms with Crippen LogP contribution in [0.5, 0.6) is 11.5 Å². The molecule has 9 nitrogen and oxygen atoms in total. The van der Waals surface area contributed by atoms with Crippen LogP contribution in [0.15, 0.2) is 105 Å². The number of amides is 1. The van der Waals surface area contributed by atoms with E-state index in [2.05, 4.69) is 15.4 Å². The number of furan rings is 1. The number of ether oxygens (including phenoxy) is 2. The second kappa shape index (κ2) is 11.8. The van der Waals surface area contributed by atoms with Gasteiger partial charge in [0.25, 0.3) is 11.5 Å². The van der Waals surface area contributed by atoms with Gasteiger partial charge in [0.15, 0.2) is 12.4 Å². The number of methoxy groups -OCH3 is 1. The van der Waals surface area contributed by atoms with Crippen LogP contribution in [-0.4, -0.2) is 35.5 Å². The number of fused-ring (bicyclic) bond motifs is 2. The summed E-state index contributed by atoms with van der Waals surface area (Å²) in [7, 11) is 1.57. The minimum absolute atomic E-state index is 0.205. The first kappa shape index (κ1) is 27.7. The fourth-order valence-electron chi connectivity index (χ4n) is 4.43. The summed E-state index contributed by atoms with van der Waals surface area (Å²) < 4.78 is 31.3. The number of rotatable bonds is 8. The molecule has 6 rings (SSSR count). The number of hydrogen-bond donors (Lipinski definition) is 1. The van der Waals surface area contributed by atoms with Crippen LogP contribution < -0.4 is 20.3 Å². The number of para-hydroxylation sites is 1. The molecule has 0 atom stereocenters. The molecule has 0 radical (unpaired) electrons. The number of carbonyl (C=O) groups excluding carboxylic acids is 1. The van der Waals surface area contributed by atoms with Gasteiger partial charge >= 0.3 is 0 Å². The van der Waals surface area contributed by atoms with Crippen LogP contribution in [0, 0.1) is 5.82 Å². The molecule has 11 heteroatoms. The lowest BCUT2D eigenvalue weighted by molar-refractivity contribution is -0.118. The van der Waals surface area contributed by atoms with Crippen LogP contribution in [0.25, 0.3) is 33.5 Å². The van der Waals surface area contributed by atoms with Gasteiger partial charge in [-0.05, 0) is 78.4 Å². The van der Waals surface area contributed by atoms with Crippen LogP contribution in [0.3, 0.4) is 0 Å². The van der Waals surface area contributed by atoms with Gasteiger partial charge < -0.3 is 19.2 Å². The first-order chi connectivity index (χ1) is 20.9. The Morgan fingerprint density at radius 2 is 1.84 bits per heavy atom. The summed E-state index contributed by atoms with van der Waals surface area (Å²) in [6.45, 7) is -0.311. The molecule has 0 saturated heterocycles. The van der Waals surface area contributed by atoms with Crippen molar-refractivity contribution in [1.82, 2.24) is 9.66 Å². The monoisotopic (exact) mass is 596 g/mol. The Morgan fingerprint density at radius 1 is 1.02 bits per heavy atom. The molecule has 2 aromatic heterocycles. The second-order valence-corrected chi connectivity index (χ2v) is 9.74. The number of anilines is 1. The Hall–Kier alpha value is -5.48. The Morgan fingerprint density at radius 3 is 2.63 bits per heavy atom. The molecule has 214 valence electrons. The Balaban J connectivity index is 1.28. The normalized spacial score (nSPS) is 11.3. The summed E-state index contributed by atoms with van der Waals surface area (Å²) in [4.78, 5) is 30.5. The molecule has 0 bridgehead atoms. The molecular formula is C32H22ClFN4O5. The van der Waals surface area contributed by atoms with Gasteiger partial charge in [0.05, 0.1) is 34.6 Å². The number of halogens is 2. The third kappa shape index (κ3) is 5.81. The molecule has 0 aliphatic heterocycles. The second-order valence-electron chi connectivity index (χ2n) is 9.33. The van der Waals surface area contributed by atoms with E-state index in [0.29, 0.717) is 39.2 Å². The molecule has 4 aromatic carbocycles. The lowest BCUT2D eigenvalue weighted by Gasteiger charge is -2.10. The minimum Gasteiger partial charge on any atom is -0.496 e. The van der Waals surface area contributed by atoms with Crippen molar-refractivity contribution in [2.75, 3.05) is 19.0 Å². The van der Waals surface area contributed by atoms with Crippen molar-refractivity contribution in [3.8, 4) is 23.1 Å². The minimum atomic E-state index is -0.438. The third-order valence-electron chi connectivity index (χ3n) is 6.48. The van der Waals surface area contributed by atoms with E-state index in [1.807, 2.05) is 12.1 Å². The highest BCUT2D eigenvalue weighted by atomic mass is 35.5. The standard InChI is InChI=1S/C32H22ClFN4O5/c1-41-26-7-4-8-27-23(26)16-29(43-27)31-37-25-6-3-2-5-22(25)32(40)38(31)35-17-19-9-14-28(24(33)15-19)42-18-30(39)36-21-12-10-20(34)11-13-21/h2-17H,18H2,1H3,(H,36,39). The molecule has 1 N–H and O–H groups in total. The highest BCUT2D eigenvalue weighted by Gasteiger charge is 2.18. The zero-order valence-electron chi connectivity index (χ0n) is 22.6. The fraction of sp³-hybridized carbons (Fsp3) is 0.0625. The van der Waals surface area contributed by atoms with E-state index in [4.69, 9.17) is 25.5 Å². The van der Waals surface area contributed by atoms with Gasteiger partial charge in [-0.2, -0.15) is 9.78 Å². The predicted molar refractivity (Wildman–Crippen MR) is 163 cm³/mol. The number of nitrogens with zero attached hydrogens (tertiary/aromatic N) is 3. The van der Waals surface area contributed by atoms with Gasteiger partial charge in [0.2, 0.25) is 5.82 Å². The zero-order valence-corrected chi connectivity index (χ0v) is 23.3. The van der Waals surface area contributed by atoms with E-state index in [9.17, 15) is 14.0 Å². The van der Waals surface area contributed by atoms with E-state index in [0.717, 1.165) is 5.39 Å². The lowest BCUT2D eigenvalue weighted by atomic mass is 10.2. The van der Waals surface area contributed by atoms with Crippen molar-refractivity contribution >= 4 is 51.3 Å². The summed E-state index contributed by atoms with van der Waals surface area (Å²) in [5, 5.41) is 8.40. The largest absolute Gasteiger partial charge is 0.496 e. The van der Waals surface area contributed by atoms with E-state index < -0.39 is 11.7 Å². The molecule has 43 heavy (non-hydrogen) atoms. The molecule has 0 unspecified atom stereocenters. The van der Waals surface area contributed by atoms with Crippen molar-refractivity contribution < 1.29 is 23.1 Å². The summed E-state index contributed by atoms with van der Waals surface area (Å²) in [6.07, 6.45) is 1.46. The fourth-order valence-corrected chi connectivity index (χ4v) is 4.67. The number of hydrogen-bond acceptors (Lipinski definition) is 7. The average molecular weight is 597 g/mol. The van der Waals surface area contributed by atoms with Crippen LogP contribution in [-0.2, 0) is 4.79 Å². The number of carbonyl (C=O) groups is 1. The van der Waals surface area contributed by atoms with Crippen LogP contribution in [0.2, 0.25) is 5.02 Å². The van der Waals surface area contributed by atoms with Crippen molar-refractivity contribution in [3.05, 3.63) is 118 Å². The van der Waals surface area contributed by atoms with Gasteiger partial charge in [0.1, 0.15) is 22.9 Å². The van der Waals surface area contributed by atoms with Crippen molar-refractivity contribution in [2.45, 2.75) is 0 Å². The topological polar surface area (TPSA) is 108 Å². The maximum atomic E-state index is 13.5. The average Bonchev–Trinajstić information content (AvgIpc) is 3.46. The Bertz CT molecular complexity index is 2070. The molecule has 0 aliphatic rings. The Kier molecular flexibility index (Phi) is 7.59.